The van der Waals surface area contributed by atoms with E-state index in [1.165, 1.54) is 89.9 Å². The van der Waals surface area contributed by atoms with Crippen molar-refractivity contribution in [3.8, 4) is 0 Å². The Labute approximate surface area is 178 Å². The molecule has 0 saturated heterocycles. The largest absolute Gasteiger partial charge is 0.377 e. The zero-order valence-corrected chi connectivity index (χ0v) is 20.2. The Bertz CT molecular complexity index is 319. The average Bonchev–Trinajstić information content (AvgIpc) is 2.55. The van der Waals surface area contributed by atoms with E-state index in [1.54, 1.807) is 0 Å². The van der Waals surface area contributed by atoms with Gasteiger partial charge in [-0.1, -0.05) is 102 Å². The second-order valence-corrected chi connectivity index (χ2v) is 17.0. The molecule has 0 unspecified atom stereocenters. The van der Waals surface area contributed by atoms with Gasteiger partial charge in [0.15, 0.2) is 0 Å². The van der Waals surface area contributed by atoms with Crippen LogP contribution in [0.25, 0.3) is 0 Å². The Morgan fingerprint density at radius 3 is 1.35 bits per heavy atom. The Kier molecular flexibility index (Phi) is 19.7. The predicted octanol–water partition coefficient (Wildman–Crippen LogP) is 9.09. The van der Waals surface area contributed by atoms with Crippen LogP contribution in [0.5, 0.6) is 0 Å². The number of hydrogen-bond donors (Lipinski definition) is 0. The third-order valence-corrected chi connectivity index (χ3v) is 7.22. The van der Waals surface area contributed by atoms with Crippen LogP contribution in [0.1, 0.15) is 103 Å². The van der Waals surface area contributed by atoms with Gasteiger partial charge in [0, 0.05) is 6.61 Å². The molecule has 0 bridgehead atoms. The monoisotopic (exact) mass is 442 g/mol. The van der Waals surface area contributed by atoms with Crippen molar-refractivity contribution in [1.29, 1.82) is 0 Å². The van der Waals surface area contributed by atoms with Crippen molar-refractivity contribution < 1.29 is 4.74 Å². The maximum absolute atomic E-state index is 5.88. The van der Waals surface area contributed by atoms with Crippen LogP contribution in [0.3, 0.4) is 0 Å². The van der Waals surface area contributed by atoms with Crippen molar-refractivity contribution in [1.82, 2.24) is 0 Å². The summed E-state index contributed by atoms with van der Waals surface area (Å²) in [5.41, 5.74) is 1.11. The first-order valence-corrected chi connectivity index (χ1v) is 15.9. The molecule has 0 aromatic rings. The Morgan fingerprint density at radius 2 is 1.00 bits per heavy atom. The summed E-state index contributed by atoms with van der Waals surface area (Å²) in [5.74, 6) is 0. The summed E-state index contributed by atoms with van der Waals surface area (Å²) in [4.78, 5) is 0. The minimum Gasteiger partial charge on any atom is -0.377 e. The fourth-order valence-electron chi connectivity index (χ4n) is 3.07. The molecule has 0 fully saturated rings. The standard InChI is InChI=1S/C21H41Cl3OSi/c1-21(2)20-25-18-16-14-12-10-8-6-4-3-5-7-9-11-13-15-17-19-26(22,23)24/h1,3-20H2,2H3. The molecule has 1 nitrogen and oxygen atoms in total. The van der Waals surface area contributed by atoms with Gasteiger partial charge in [0.25, 0.3) is 0 Å². The molecule has 0 radical (unpaired) electrons. The zero-order chi connectivity index (χ0) is 19.5. The minimum atomic E-state index is -2.36. The molecular formula is C21H41Cl3OSi. The first-order valence-electron chi connectivity index (χ1n) is 10.7. The van der Waals surface area contributed by atoms with E-state index in [4.69, 9.17) is 38.0 Å². The number of rotatable bonds is 20. The zero-order valence-electron chi connectivity index (χ0n) is 17.0. The Morgan fingerprint density at radius 1 is 0.654 bits per heavy atom. The summed E-state index contributed by atoms with van der Waals surface area (Å²) in [7, 11) is 0. The van der Waals surface area contributed by atoms with Crippen molar-refractivity contribution in [2.24, 2.45) is 0 Å². The summed E-state index contributed by atoms with van der Waals surface area (Å²) in [5, 5.41) is 0. The molecule has 0 aromatic carbocycles. The van der Waals surface area contributed by atoms with Crippen LogP contribution >= 0.6 is 33.2 Å². The first kappa shape index (κ1) is 26.8. The van der Waals surface area contributed by atoms with Crippen LogP contribution in [0.15, 0.2) is 12.2 Å². The Hall–Kier alpha value is 0.787. The van der Waals surface area contributed by atoms with Crippen molar-refractivity contribution >= 4 is 39.2 Å². The van der Waals surface area contributed by atoms with Crippen LogP contribution in [-0.2, 0) is 4.74 Å². The topological polar surface area (TPSA) is 9.23 Å². The van der Waals surface area contributed by atoms with Gasteiger partial charge in [-0.2, -0.15) is 0 Å². The smallest absolute Gasteiger partial charge is 0.341 e. The molecule has 26 heavy (non-hydrogen) atoms. The van der Waals surface area contributed by atoms with Crippen molar-refractivity contribution in [2.75, 3.05) is 13.2 Å². The lowest BCUT2D eigenvalue weighted by atomic mass is 10.0. The van der Waals surface area contributed by atoms with E-state index < -0.39 is 6.00 Å². The fourth-order valence-corrected chi connectivity index (χ4v) is 4.93. The normalized spacial score (nSPS) is 11.8. The lowest BCUT2D eigenvalue weighted by molar-refractivity contribution is 0.151. The highest BCUT2D eigenvalue weighted by molar-refractivity contribution is 7.64. The average molecular weight is 444 g/mol. The molecule has 5 heteroatoms. The number of hydrogen-bond acceptors (Lipinski definition) is 1. The molecule has 0 N–H and O–H groups in total. The molecule has 0 saturated carbocycles. The summed E-state index contributed by atoms with van der Waals surface area (Å²) in [6, 6.07) is -1.54. The van der Waals surface area contributed by atoms with Gasteiger partial charge >= 0.3 is 6.00 Å². The van der Waals surface area contributed by atoms with Crippen LogP contribution in [0.4, 0.5) is 0 Å². The molecular weight excluding hydrogens is 403 g/mol. The van der Waals surface area contributed by atoms with E-state index in [1.807, 2.05) is 6.92 Å². The predicted molar refractivity (Wildman–Crippen MR) is 123 cm³/mol. The number of ether oxygens (including phenoxy) is 1. The van der Waals surface area contributed by atoms with Crippen molar-refractivity contribution in [3.05, 3.63) is 12.2 Å². The molecule has 0 atom stereocenters. The second-order valence-electron chi connectivity index (χ2n) is 7.68. The number of halogens is 3. The van der Waals surface area contributed by atoms with Crippen LogP contribution in [-0.4, -0.2) is 19.2 Å². The minimum absolute atomic E-state index is 0.720. The molecule has 0 rings (SSSR count). The van der Waals surface area contributed by atoms with E-state index >= 15 is 0 Å². The van der Waals surface area contributed by atoms with Gasteiger partial charge in [0.1, 0.15) is 0 Å². The maximum atomic E-state index is 5.88. The fraction of sp³-hybridized carbons (Fsp3) is 0.905. The molecule has 0 spiro atoms. The van der Waals surface area contributed by atoms with Gasteiger partial charge in [-0.05, 0) is 19.4 Å². The highest BCUT2D eigenvalue weighted by Crippen LogP contribution is 2.27. The highest BCUT2D eigenvalue weighted by Gasteiger charge is 2.23. The third kappa shape index (κ3) is 24.8. The van der Waals surface area contributed by atoms with Crippen molar-refractivity contribution in [2.45, 2.75) is 109 Å². The molecule has 0 heterocycles. The molecule has 0 aliphatic rings. The summed E-state index contributed by atoms with van der Waals surface area (Å²) in [6.07, 6.45) is 20.0. The van der Waals surface area contributed by atoms with E-state index in [-0.39, 0.29) is 0 Å². The van der Waals surface area contributed by atoms with E-state index in [2.05, 4.69) is 6.58 Å². The van der Waals surface area contributed by atoms with Gasteiger partial charge in [0.05, 0.1) is 6.61 Å². The van der Waals surface area contributed by atoms with Crippen molar-refractivity contribution in [3.63, 3.8) is 0 Å². The summed E-state index contributed by atoms with van der Waals surface area (Å²) < 4.78 is 5.51. The molecule has 0 amide bonds. The van der Waals surface area contributed by atoms with Gasteiger partial charge in [-0.15, -0.1) is 33.2 Å². The third-order valence-electron chi connectivity index (χ3n) is 4.60. The molecule has 0 aromatic heterocycles. The second kappa shape index (κ2) is 19.1. The summed E-state index contributed by atoms with van der Waals surface area (Å²) >= 11 is 17.6. The lowest BCUT2D eigenvalue weighted by Gasteiger charge is -2.07. The number of unbranched alkanes of at least 4 members (excludes halogenated alkanes) is 14. The molecule has 0 aliphatic carbocycles. The van der Waals surface area contributed by atoms with Gasteiger partial charge < -0.3 is 4.74 Å². The molecule has 0 aliphatic heterocycles. The van der Waals surface area contributed by atoms with E-state index in [0.29, 0.717) is 0 Å². The maximum Gasteiger partial charge on any atom is 0.341 e. The molecule has 156 valence electrons. The van der Waals surface area contributed by atoms with Gasteiger partial charge in [-0.25, -0.2) is 0 Å². The van der Waals surface area contributed by atoms with E-state index in [9.17, 15) is 0 Å². The quantitative estimate of drug-likeness (QED) is 0.0788. The van der Waals surface area contributed by atoms with Gasteiger partial charge in [0.2, 0.25) is 0 Å². The van der Waals surface area contributed by atoms with E-state index in [0.717, 1.165) is 31.3 Å². The van der Waals surface area contributed by atoms with Gasteiger partial charge in [-0.3, -0.25) is 0 Å². The van der Waals surface area contributed by atoms with Crippen LogP contribution in [0.2, 0.25) is 6.04 Å². The summed E-state index contributed by atoms with van der Waals surface area (Å²) in [6.45, 7) is 7.46. The SMILES string of the molecule is C=C(C)COCCCCCCCCCCCCCCCCC[Si](Cl)(Cl)Cl. The first-order chi connectivity index (χ1) is 12.4. The van der Waals surface area contributed by atoms with Crippen LogP contribution < -0.4 is 0 Å². The lowest BCUT2D eigenvalue weighted by Crippen LogP contribution is -2.07. The Balaban J connectivity index is 3.04. The highest BCUT2D eigenvalue weighted by atomic mass is 35.8. The van der Waals surface area contributed by atoms with Crippen LogP contribution in [0, 0.1) is 0 Å².